The molecule has 0 saturated heterocycles. The van der Waals surface area contributed by atoms with Gasteiger partial charge < -0.3 is 20.1 Å². The summed E-state index contributed by atoms with van der Waals surface area (Å²) in [5.41, 5.74) is 4.93. The molecule has 3 N–H and O–H groups in total. The molecule has 0 unspecified atom stereocenters. The topological polar surface area (TPSA) is 88.3 Å². The van der Waals surface area contributed by atoms with E-state index in [2.05, 4.69) is 20.8 Å². The van der Waals surface area contributed by atoms with E-state index in [4.69, 9.17) is 9.47 Å². The number of carbonyl (C=O) groups excluding carboxylic acids is 1. The van der Waals surface area contributed by atoms with Crippen LogP contribution < -0.4 is 20.1 Å². The molecule has 0 radical (unpaired) electrons. The van der Waals surface area contributed by atoms with E-state index in [0.717, 1.165) is 35.3 Å². The van der Waals surface area contributed by atoms with Crippen molar-refractivity contribution in [3.63, 3.8) is 0 Å². The van der Waals surface area contributed by atoms with Gasteiger partial charge in [0.2, 0.25) is 0 Å². The van der Waals surface area contributed by atoms with Gasteiger partial charge in [0.15, 0.2) is 11.5 Å². The van der Waals surface area contributed by atoms with Gasteiger partial charge >= 0.3 is 6.03 Å². The Morgan fingerprint density at radius 3 is 2.52 bits per heavy atom. The van der Waals surface area contributed by atoms with Crippen LogP contribution in [-0.4, -0.2) is 30.4 Å². The van der Waals surface area contributed by atoms with E-state index in [-0.39, 0.29) is 6.03 Å². The second kappa shape index (κ2) is 7.87. The predicted molar refractivity (Wildman–Crippen MR) is 113 cm³/mol. The lowest BCUT2D eigenvalue weighted by atomic mass is 10.1. The quantitative estimate of drug-likeness (QED) is 0.555. The second-order valence-electron chi connectivity index (χ2n) is 7.10. The highest BCUT2D eigenvalue weighted by molar-refractivity contribution is 6.03. The highest BCUT2D eigenvalue weighted by atomic mass is 16.5. The van der Waals surface area contributed by atoms with Gasteiger partial charge in [0.05, 0.1) is 25.6 Å². The van der Waals surface area contributed by atoms with Crippen LogP contribution in [0, 0.1) is 6.92 Å². The second-order valence-corrected chi connectivity index (χ2v) is 7.10. The van der Waals surface area contributed by atoms with Crippen LogP contribution in [0.4, 0.5) is 16.2 Å². The van der Waals surface area contributed by atoms with Gasteiger partial charge in [0.1, 0.15) is 5.69 Å². The highest BCUT2D eigenvalue weighted by Crippen LogP contribution is 2.45. The molecule has 2 aromatic carbocycles. The van der Waals surface area contributed by atoms with Crippen molar-refractivity contribution in [3.8, 4) is 22.8 Å². The fraction of sp³-hybridized carbons (Fsp3) is 0.273. The lowest BCUT2D eigenvalue weighted by molar-refractivity contribution is 0.262. The molecule has 7 nitrogen and oxygen atoms in total. The molecular weight excluding hydrogens is 368 g/mol. The molecule has 29 heavy (non-hydrogen) atoms. The molecule has 1 fully saturated rings. The molecule has 0 spiro atoms. The minimum absolute atomic E-state index is 0.302. The predicted octanol–water partition coefficient (Wildman–Crippen LogP) is 4.92. The average Bonchev–Trinajstić information content (AvgIpc) is 3.50. The lowest BCUT2D eigenvalue weighted by Crippen LogP contribution is -2.20. The number of nitrogens with zero attached hydrogens (tertiary/aromatic N) is 1. The maximum atomic E-state index is 12.7. The highest BCUT2D eigenvalue weighted by Gasteiger charge is 2.31. The van der Waals surface area contributed by atoms with E-state index >= 15 is 0 Å². The maximum absolute atomic E-state index is 12.7. The Hall–Kier alpha value is -3.48. The van der Waals surface area contributed by atoms with Crippen LogP contribution in [0.1, 0.15) is 30.0 Å². The summed E-state index contributed by atoms with van der Waals surface area (Å²) in [7, 11) is 3.19. The zero-order chi connectivity index (χ0) is 20.4. The van der Waals surface area contributed by atoms with E-state index < -0.39 is 0 Å². The summed E-state index contributed by atoms with van der Waals surface area (Å²) in [5, 5.41) is 13.5. The molecule has 7 heteroatoms. The number of para-hydroxylation sites is 1. The standard InChI is InChI=1S/C22H24N4O3/c1-13-6-4-5-7-16(13)23-22(27)24-21-19(14-8-9-14)25-26-20(21)15-10-11-17(28-2)18(12-15)29-3/h4-7,10-12,14H,8-9H2,1-3H3,(H,25,26)(H2,23,24,27). The summed E-state index contributed by atoms with van der Waals surface area (Å²) in [6, 6.07) is 13.0. The molecule has 0 bridgehead atoms. The van der Waals surface area contributed by atoms with Crippen LogP contribution in [0.2, 0.25) is 0 Å². The Morgan fingerprint density at radius 1 is 1.07 bits per heavy atom. The van der Waals surface area contributed by atoms with Crippen molar-refractivity contribution in [1.82, 2.24) is 10.2 Å². The number of H-pyrrole nitrogens is 1. The molecule has 4 rings (SSSR count). The average molecular weight is 392 g/mol. The number of aromatic nitrogens is 2. The zero-order valence-corrected chi connectivity index (χ0v) is 16.7. The van der Waals surface area contributed by atoms with Crippen molar-refractivity contribution in [3.05, 3.63) is 53.7 Å². The van der Waals surface area contributed by atoms with Gasteiger partial charge in [0.25, 0.3) is 0 Å². The first kappa shape index (κ1) is 18.9. The first-order valence-electron chi connectivity index (χ1n) is 9.55. The molecule has 0 aliphatic heterocycles. The summed E-state index contributed by atoms with van der Waals surface area (Å²) >= 11 is 0. The van der Waals surface area contributed by atoms with Crippen LogP contribution in [0.5, 0.6) is 11.5 Å². The van der Waals surface area contributed by atoms with E-state index in [1.165, 1.54) is 0 Å². The molecule has 1 heterocycles. The fourth-order valence-electron chi connectivity index (χ4n) is 3.32. The third-order valence-electron chi connectivity index (χ3n) is 5.07. The van der Waals surface area contributed by atoms with Gasteiger partial charge in [-0.05, 0) is 49.6 Å². The number of carbonyl (C=O) groups is 1. The fourth-order valence-corrected chi connectivity index (χ4v) is 3.32. The minimum atomic E-state index is -0.302. The Labute approximate surface area is 169 Å². The van der Waals surface area contributed by atoms with Gasteiger partial charge in [-0.3, -0.25) is 5.10 Å². The number of urea groups is 1. The summed E-state index contributed by atoms with van der Waals surface area (Å²) in [4.78, 5) is 12.7. The molecule has 1 aromatic heterocycles. The number of anilines is 2. The van der Waals surface area contributed by atoms with Crippen LogP contribution in [0.25, 0.3) is 11.3 Å². The molecule has 150 valence electrons. The number of amides is 2. The van der Waals surface area contributed by atoms with Crippen molar-refractivity contribution >= 4 is 17.4 Å². The minimum Gasteiger partial charge on any atom is -0.493 e. The summed E-state index contributed by atoms with van der Waals surface area (Å²) in [6.45, 7) is 1.96. The van der Waals surface area contributed by atoms with Crippen molar-refractivity contribution in [2.24, 2.45) is 0 Å². The summed E-state index contributed by atoms with van der Waals surface area (Å²) in [5.74, 6) is 1.64. The van der Waals surface area contributed by atoms with Crippen molar-refractivity contribution in [2.45, 2.75) is 25.7 Å². The summed E-state index contributed by atoms with van der Waals surface area (Å²) < 4.78 is 10.7. The van der Waals surface area contributed by atoms with E-state index in [0.29, 0.717) is 28.8 Å². The number of ether oxygens (including phenoxy) is 2. The monoisotopic (exact) mass is 392 g/mol. The third-order valence-corrected chi connectivity index (χ3v) is 5.07. The van der Waals surface area contributed by atoms with E-state index in [9.17, 15) is 4.79 Å². The first-order valence-corrected chi connectivity index (χ1v) is 9.55. The largest absolute Gasteiger partial charge is 0.493 e. The van der Waals surface area contributed by atoms with Crippen LogP contribution in [0.3, 0.4) is 0 Å². The zero-order valence-electron chi connectivity index (χ0n) is 16.7. The number of nitrogens with one attached hydrogen (secondary N) is 3. The molecule has 1 aliphatic rings. The van der Waals surface area contributed by atoms with E-state index in [1.54, 1.807) is 14.2 Å². The number of aryl methyl sites for hydroxylation is 1. The molecular formula is C22H24N4O3. The number of hydrogen-bond donors (Lipinski definition) is 3. The number of aromatic amines is 1. The van der Waals surface area contributed by atoms with Crippen LogP contribution in [-0.2, 0) is 0 Å². The van der Waals surface area contributed by atoms with Gasteiger partial charge in [0, 0.05) is 17.2 Å². The molecule has 1 saturated carbocycles. The van der Waals surface area contributed by atoms with Crippen molar-refractivity contribution in [1.29, 1.82) is 0 Å². The van der Waals surface area contributed by atoms with Gasteiger partial charge in [-0.25, -0.2) is 4.79 Å². The van der Waals surface area contributed by atoms with Gasteiger partial charge in [-0.2, -0.15) is 5.10 Å². The molecule has 0 atom stereocenters. The molecule has 1 aliphatic carbocycles. The number of hydrogen-bond acceptors (Lipinski definition) is 4. The van der Waals surface area contributed by atoms with Crippen molar-refractivity contribution in [2.75, 3.05) is 24.9 Å². The maximum Gasteiger partial charge on any atom is 0.323 e. The molecule has 2 amide bonds. The first-order chi connectivity index (χ1) is 14.1. The van der Waals surface area contributed by atoms with Crippen molar-refractivity contribution < 1.29 is 14.3 Å². The lowest BCUT2D eigenvalue weighted by Gasteiger charge is -2.12. The Kier molecular flexibility index (Phi) is 5.12. The SMILES string of the molecule is COc1ccc(-c2n[nH]c(C3CC3)c2NC(=O)Nc2ccccc2C)cc1OC. The van der Waals surface area contributed by atoms with E-state index in [1.807, 2.05) is 49.4 Å². The Morgan fingerprint density at radius 2 is 1.83 bits per heavy atom. The van der Waals surface area contributed by atoms with Gasteiger partial charge in [-0.1, -0.05) is 18.2 Å². The van der Waals surface area contributed by atoms with Gasteiger partial charge in [-0.15, -0.1) is 0 Å². The summed E-state index contributed by atoms with van der Waals surface area (Å²) in [6.07, 6.45) is 2.17. The van der Waals surface area contributed by atoms with Crippen LogP contribution >= 0.6 is 0 Å². The Balaban J connectivity index is 1.65. The van der Waals surface area contributed by atoms with Crippen LogP contribution in [0.15, 0.2) is 42.5 Å². The number of benzene rings is 2. The number of methoxy groups -OCH3 is 2. The Bertz CT molecular complexity index is 1040. The normalized spacial score (nSPS) is 13.1. The smallest absolute Gasteiger partial charge is 0.323 e. The number of rotatable bonds is 6. The molecule has 3 aromatic rings. The third kappa shape index (κ3) is 3.89.